The Hall–Kier alpha value is -2.13. The molecule has 0 bridgehead atoms. The van der Waals surface area contributed by atoms with Crippen LogP contribution in [0.25, 0.3) is 20.5 Å². The van der Waals surface area contributed by atoms with E-state index < -0.39 is 0 Å². The molecule has 0 aliphatic carbocycles. The first-order chi connectivity index (χ1) is 10.7. The summed E-state index contributed by atoms with van der Waals surface area (Å²) < 4.78 is 1.17. The summed E-state index contributed by atoms with van der Waals surface area (Å²) in [7, 11) is 0. The average Bonchev–Trinajstić information content (AvgIpc) is 2.92. The summed E-state index contributed by atoms with van der Waals surface area (Å²) in [6.45, 7) is 4.85. The lowest BCUT2D eigenvalue weighted by Crippen LogP contribution is -2.24. The highest BCUT2D eigenvalue weighted by Gasteiger charge is 2.19. The number of hydrogen-bond acceptors (Lipinski definition) is 2. The van der Waals surface area contributed by atoms with Crippen LogP contribution in [0.5, 0.6) is 0 Å². The molecule has 22 heavy (non-hydrogen) atoms. The summed E-state index contributed by atoms with van der Waals surface area (Å²) in [5, 5.41) is 4.06. The van der Waals surface area contributed by atoms with Gasteiger partial charge in [0.15, 0.2) is 0 Å². The lowest BCUT2D eigenvalue weighted by atomic mass is 10.0. The molecular weight excluding hydrogens is 290 g/mol. The van der Waals surface area contributed by atoms with Crippen LogP contribution in [-0.4, -0.2) is 12.5 Å². The van der Waals surface area contributed by atoms with Crippen molar-refractivity contribution in [3.05, 3.63) is 59.7 Å². The maximum Gasteiger partial charge on any atom is 0.253 e. The number of carbonyl (C=O) groups excluding carboxylic acids is 1. The summed E-state index contributed by atoms with van der Waals surface area (Å²) >= 11 is 1.69. The molecule has 3 rings (SSSR count). The summed E-state index contributed by atoms with van der Waals surface area (Å²) in [6, 6.07) is 16.4. The quantitative estimate of drug-likeness (QED) is 0.720. The minimum absolute atomic E-state index is 0.0239. The maximum absolute atomic E-state index is 12.7. The molecule has 0 saturated heterocycles. The second kappa shape index (κ2) is 6.32. The molecule has 0 aliphatic heterocycles. The molecule has 2 nitrogen and oxygen atoms in total. The zero-order valence-corrected chi connectivity index (χ0v) is 13.7. The lowest BCUT2D eigenvalue weighted by molar-refractivity contribution is 0.0956. The molecule has 0 unspecified atom stereocenters. The number of benzene rings is 2. The van der Waals surface area contributed by atoms with Gasteiger partial charge in [-0.25, -0.2) is 0 Å². The van der Waals surface area contributed by atoms with Crippen LogP contribution < -0.4 is 5.32 Å². The minimum Gasteiger partial charge on any atom is -0.352 e. The largest absolute Gasteiger partial charge is 0.352 e. The highest BCUT2D eigenvalue weighted by atomic mass is 32.1. The Balaban J connectivity index is 2.19. The molecule has 1 amide bonds. The highest BCUT2D eigenvalue weighted by Crippen LogP contribution is 2.38. The van der Waals surface area contributed by atoms with E-state index in [0.29, 0.717) is 6.54 Å². The van der Waals surface area contributed by atoms with E-state index in [2.05, 4.69) is 49.5 Å². The van der Waals surface area contributed by atoms with Gasteiger partial charge < -0.3 is 5.32 Å². The molecule has 0 aliphatic rings. The van der Waals surface area contributed by atoms with Crippen molar-refractivity contribution in [1.82, 2.24) is 5.32 Å². The van der Waals surface area contributed by atoms with Gasteiger partial charge in [-0.2, -0.15) is 0 Å². The Bertz CT molecular complexity index is 805. The first-order valence-electron chi connectivity index (χ1n) is 7.57. The summed E-state index contributed by atoms with van der Waals surface area (Å²) in [4.78, 5) is 13.7. The molecule has 1 N–H and O–H groups in total. The van der Waals surface area contributed by atoms with Crippen molar-refractivity contribution in [1.29, 1.82) is 0 Å². The van der Waals surface area contributed by atoms with Crippen LogP contribution in [0.15, 0.2) is 48.5 Å². The average molecular weight is 309 g/mol. The molecule has 0 saturated carbocycles. The standard InChI is InChI=1S/C19H19NOS/c1-3-11-20-19(21)17-15-10-9-13(2)12-16(15)22-18(17)14-7-5-4-6-8-14/h4-10,12H,3,11H2,1-2H3,(H,20,21). The zero-order valence-electron chi connectivity index (χ0n) is 12.8. The number of nitrogens with one attached hydrogen (secondary N) is 1. The number of fused-ring (bicyclic) bond motifs is 1. The topological polar surface area (TPSA) is 29.1 Å². The zero-order chi connectivity index (χ0) is 15.5. The van der Waals surface area contributed by atoms with Crippen LogP contribution in [0.3, 0.4) is 0 Å². The van der Waals surface area contributed by atoms with Crippen molar-refractivity contribution in [3.8, 4) is 10.4 Å². The van der Waals surface area contributed by atoms with E-state index >= 15 is 0 Å². The van der Waals surface area contributed by atoms with Crippen molar-refractivity contribution in [2.45, 2.75) is 20.3 Å². The first kappa shape index (κ1) is 14.8. The van der Waals surface area contributed by atoms with Gasteiger partial charge in [-0.05, 0) is 30.5 Å². The van der Waals surface area contributed by atoms with E-state index in [1.165, 1.54) is 10.3 Å². The maximum atomic E-state index is 12.7. The fourth-order valence-corrected chi connectivity index (χ4v) is 3.85. The normalized spacial score (nSPS) is 10.8. The molecule has 1 heterocycles. The third-order valence-corrected chi connectivity index (χ3v) is 4.85. The van der Waals surface area contributed by atoms with Crippen molar-refractivity contribution in [2.75, 3.05) is 6.54 Å². The lowest BCUT2D eigenvalue weighted by Gasteiger charge is -2.06. The number of hydrogen-bond donors (Lipinski definition) is 1. The van der Waals surface area contributed by atoms with Gasteiger partial charge in [-0.3, -0.25) is 4.79 Å². The van der Waals surface area contributed by atoms with Gasteiger partial charge in [-0.1, -0.05) is 49.4 Å². The number of aryl methyl sites for hydroxylation is 1. The van der Waals surface area contributed by atoms with Crippen LogP contribution >= 0.6 is 11.3 Å². The van der Waals surface area contributed by atoms with Crippen LogP contribution in [0, 0.1) is 6.92 Å². The van der Waals surface area contributed by atoms with Gasteiger partial charge >= 0.3 is 0 Å². The monoisotopic (exact) mass is 309 g/mol. The second-order valence-electron chi connectivity index (χ2n) is 5.43. The Morgan fingerprint density at radius 3 is 2.64 bits per heavy atom. The number of thiophene rings is 1. The summed E-state index contributed by atoms with van der Waals surface area (Å²) in [5.41, 5.74) is 3.12. The fourth-order valence-electron chi connectivity index (χ4n) is 2.55. The van der Waals surface area contributed by atoms with E-state index in [-0.39, 0.29) is 5.91 Å². The van der Waals surface area contributed by atoms with Gasteiger partial charge in [-0.15, -0.1) is 11.3 Å². The van der Waals surface area contributed by atoms with Crippen molar-refractivity contribution >= 4 is 27.3 Å². The van der Waals surface area contributed by atoms with Gasteiger partial charge in [0.1, 0.15) is 0 Å². The predicted molar refractivity (Wildman–Crippen MR) is 94.6 cm³/mol. The minimum atomic E-state index is 0.0239. The van der Waals surface area contributed by atoms with Crippen LogP contribution in [0.2, 0.25) is 0 Å². The first-order valence-corrected chi connectivity index (χ1v) is 8.39. The number of carbonyl (C=O) groups is 1. The molecular formula is C19H19NOS. The van der Waals surface area contributed by atoms with Crippen LogP contribution in [-0.2, 0) is 0 Å². The van der Waals surface area contributed by atoms with E-state index in [0.717, 1.165) is 27.8 Å². The molecule has 112 valence electrons. The Kier molecular flexibility index (Phi) is 4.25. The van der Waals surface area contributed by atoms with Crippen molar-refractivity contribution in [2.24, 2.45) is 0 Å². The van der Waals surface area contributed by atoms with E-state index in [1.54, 1.807) is 11.3 Å². The number of amides is 1. The number of rotatable bonds is 4. The second-order valence-corrected chi connectivity index (χ2v) is 6.48. The highest BCUT2D eigenvalue weighted by molar-refractivity contribution is 7.22. The van der Waals surface area contributed by atoms with Crippen molar-refractivity contribution < 1.29 is 4.79 Å². The molecule has 0 radical (unpaired) electrons. The van der Waals surface area contributed by atoms with Crippen LogP contribution in [0.4, 0.5) is 0 Å². The third-order valence-electron chi connectivity index (χ3n) is 3.64. The summed E-state index contributed by atoms with van der Waals surface area (Å²) in [6.07, 6.45) is 0.938. The molecule has 3 aromatic rings. The van der Waals surface area contributed by atoms with Gasteiger partial charge in [0, 0.05) is 21.5 Å². The molecule has 3 heteroatoms. The van der Waals surface area contributed by atoms with E-state index in [1.807, 2.05) is 18.2 Å². The Morgan fingerprint density at radius 1 is 1.14 bits per heavy atom. The SMILES string of the molecule is CCCNC(=O)c1c(-c2ccccc2)sc2cc(C)ccc12. The smallest absolute Gasteiger partial charge is 0.253 e. The van der Waals surface area contributed by atoms with E-state index in [9.17, 15) is 4.79 Å². The van der Waals surface area contributed by atoms with E-state index in [4.69, 9.17) is 0 Å². The molecule has 2 aromatic carbocycles. The van der Waals surface area contributed by atoms with Gasteiger partial charge in [0.25, 0.3) is 5.91 Å². The van der Waals surface area contributed by atoms with Gasteiger partial charge in [0.2, 0.25) is 0 Å². The molecule has 0 spiro atoms. The van der Waals surface area contributed by atoms with Gasteiger partial charge in [0.05, 0.1) is 5.56 Å². The fraction of sp³-hybridized carbons (Fsp3) is 0.211. The van der Waals surface area contributed by atoms with Crippen molar-refractivity contribution in [3.63, 3.8) is 0 Å². The Labute approximate surface area is 134 Å². The van der Waals surface area contributed by atoms with Crippen LogP contribution in [0.1, 0.15) is 29.3 Å². The third kappa shape index (κ3) is 2.77. The predicted octanol–water partition coefficient (Wildman–Crippen LogP) is 5.02. The Morgan fingerprint density at radius 2 is 1.91 bits per heavy atom. The molecule has 0 fully saturated rings. The molecule has 0 atom stereocenters. The molecule has 1 aromatic heterocycles. The summed E-state index contributed by atoms with van der Waals surface area (Å²) in [5.74, 6) is 0.0239.